The summed E-state index contributed by atoms with van der Waals surface area (Å²) >= 11 is 0. The largest absolute Gasteiger partial charge is 0.328 e. The van der Waals surface area contributed by atoms with Crippen LogP contribution in [0.2, 0.25) is 0 Å². The molecule has 0 aliphatic heterocycles. The van der Waals surface area contributed by atoms with Gasteiger partial charge in [-0.1, -0.05) is 0 Å². The quantitative estimate of drug-likeness (QED) is 0.605. The summed E-state index contributed by atoms with van der Waals surface area (Å²) in [5.41, 5.74) is 3.18. The van der Waals surface area contributed by atoms with E-state index in [1.165, 1.54) is 12.4 Å². The van der Waals surface area contributed by atoms with Gasteiger partial charge in [0.2, 0.25) is 5.56 Å². The summed E-state index contributed by atoms with van der Waals surface area (Å²) in [7, 11) is 0. The highest BCUT2D eigenvalue weighted by atomic mass is 16.1. The topological polar surface area (TPSA) is 88.8 Å². The van der Waals surface area contributed by atoms with E-state index in [1.54, 1.807) is 29.2 Å². The highest BCUT2D eigenvalue weighted by Gasteiger charge is 2.10. The fraction of sp³-hybridized carbons (Fsp3) is 0. The molecule has 0 spiro atoms. The molecule has 4 aromatic rings. The molecule has 0 saturated carbocycles. The maximum atomic E-state index is 11.2. The lowest BCUT2D eigenvalue weighted by atomic mass is 10.1. The van der Waals surface area contributed by atoms with Crippen LogP contribution in [0.25, 0.3) is 28.3 Å². The first-order chi connectivity index (χ1) is 10.8. The van der Waals surface area contributed by atoms with Gasteiger partial charge in [-0.25, -0.2) is 4.98 Å². The van der Waals surface area contributed by atoms with Crippen molar-refractivity contribution in [2.45, 2.75) is 0 Å². The number of H-pyrrole nitrogens is 1. The summed E-state index contributed by atoms with van der Waals surface area (Å²) in [6.07, 6.45) is 6.54. The van der Waals surface area contributed by atoms with Gasteiger partial charge < -0.3 is 4.98 Å². The number of aromatic nitrogens is 6. The van der Waals surface area contributed by atoms with E-state index in [4.69, 9.17) is 0 Å². The van der Waals surface area contributed by atoms with Gasteiger partial charge in [0.25, 0.3) is 5.78 Å². The third kappa shape index (κ3) is 2.05. The minimum Gasteiger partial charge on any atom is -0.328 e. The zero-order valence-corrected chi connectivity index (χ0v) is 11.3. The van der Waals surface area contributed by atoms with Crippen LogP contribution in [0, 0.1) is 0 Å². The van der Waals surface area contributed by atoms with E-state index >= 15 is 0 Å². The van der Waals surface area contributed by atoms with Crippen molar-refractivity contribution in [3.8, 4) is 22.5 Å². The van der Waals surface area contributed by atoms with E-state index in [-0.39, 0.29) is 5.56 Å². The summed E-state index contributed by atoms with van der Waals surface area (Å²) in [4.78, 5) is 26.5. The van der Waals surface area contributed by atoms with Crippen LogP contribution in [-0.4, -0.2) is 29.5 Å². The minimum atomic E-state index is -0.151. The molecule has 0 aliphatic rings. The van der Waals surface area contributed by atoms with Crippen LogP contribution in [0.15, 0.2) is 60.0 Å². The molecular formula is C15H10N6O. The van der Waals surface area contributed by atoms with Gasteiger partial charge in [0.15, 0.2) is 0 Å². The predicted molar refractivity (Wildman–Crippen MR) is 80.1 cm³/mol. The molecule has 0 radical (unpaired) electrons. The molecule has 22 heavy (non-hydrogen) atoms. The number of hydrogen-bond donors (Lipinski definition) is 1. The fourth-order valence-corrected chi connectivity index (χ4v) is 2.26. The number of hydrogen-bond acceptors (Lipinski definition) is 5. The highest BCUT2D eigenvalue weighted by molar-refractivity contribution is 5.69. The Morgan fingerprint density at radius 1 is 1.05 bits per heavy atom. The summed E-state index contributed by atoms with van der Waals surface area (Å²) in [6, 6.07) is 8.90. The molecule has 0 fully saturated rings. The third-order valence-corrected chi connectivity index (χ3v) is 3.31. The molecule has 7 heteroatoms. The Bertz CT molecular complexity index is 985. The molecule has 0 unspecified atom stereocenters. The van der Waals surface area contributed by atoms with E-state index in [1.807, 2.05) is 18.2 Å². The second-order valence-electron chi connectivity index (χ2n) is 4.68. The predicted octanol–water partition coefficient (Wildman–Crippen LogP) is 1.54. The third-order valence-electron chi connectivity index (χ3n) is 3.31. The number of aromatic amines is 1. The van der Waals surface area contributed by atoms with E-state index in [0.29, 0.717) is 11.5 Å². The zero-order valence-electron chi connectivity index (χ0n) is 11.3. The zero-order chi connectivity index (χ0) is 14.9. The maximum absolute atomic E-state index is 11.2. The normalized spacial score (nSPS) is 10.9. The minimum absolute atomic E-state index is 0.151. The van der Waals surface area contributed by atoms with Crippen LogP contribution in [-0.2, 0) is 0 Å². The van der Waals surface area contributed by atoms with Crippen molar-refractivity contribution in [3.63, 3.8) is 0 Å². The SMILES string of the molecule is O=c1ccc(-c2cc(-c3ccncc3)n3ncnc3n2)c[nH]1. The van der Waals surface area contributed by atoms with Gasteiger partial charge in [-0.2, -0.15) is 14.6 Å². The van der Waals surface area contributed by atoms with Gasteiger partial charge in [0, 0.05) is 35.8 Å². The van der Waals surface area contributed by atoms with Crippen molar-refractivity contribution >= 4 is 5.78 Å². The fourth-order valence-electron chi connectivity index (χ4n) is 2.26. The molecule has 4 heterocycles. The highest BCUT2D eigenvalue weighted by Crippen LogP contribution is 2.24. The van der Waals surface area contributed by atoms with Gasteiger partial charge >= 0.3 is 0 Å². The van der Waals surface area contributed by atoms with E-state index in [2.05, 4.69) is 25.0 Å². The first-order valence-corrected chi connectivity index (χ1v) is 6.61. The lowest BCUT2D eigenvalue weighted by Gasteiger charge is -2.07. The lowest BCUT2D eigenvalue weighted by Crippen LogP contribution is -2.03. The summed E-state index contributed by atoms with van der Waals surface area (Å²) in [5.74, 6) is 0.496. The summed E-state index contributed by atoms with van der Waals surface area (Å²) in [6.45, 7) is 0. The van der Waals surface area contributed by atoms with Crippen LogP contribution in [0.3, 0.4) is 0 Å². The summed E-state index contributed by atoms with van der Waals surface area (Å²) in [5, 5.41) is 4.21. The Kier molecular flexibility index (Phi) is 2.75. The molecule has 0 saturated heterocycles. The maximum Gasteiger partial charge on any atom is 0.253 e. The van der Waals surface area contributed by atoms with Crippen molar-refractivity contribution in [2.24, 2.45) is 0 Å². The Hall–Kier alpha value is -3.35. The number of rotatable bonds is 2. The number of fused-ring (bicyclic) bond motifs is 1. The lowest BCUT2D eigenvalue weighted by molar-refractivity contribution is 0.948. The van der Waals surface area contributed by atoms with Gasteiger partial charge in [-0.3, -0.25) is 9.78 Å². The van der Waals surface area contributed by atoms with Crippen LogP contribution in [0.1, 0.15) is 0 Å². The first kappa shape index (κ1) is 12.4. The number of nitrogens with zero attached hydrogens (tertiary/aromatic N) is 5. The standard InChI is InChI=1S/C15H10N6O/c22-14-2-1-11(8-17-14)12-7-13(10-3-5-16-6-4-10)21-15(20-12)18-9-19-21/h1-9H,(H,17,22). The van der Waals surface area contributed by atoms with Crippen molar-refractivity contribution in [1.29, 1.82) is 0 Å². The molecular weight excluding hydrogens is 280 g/mol. The van der Waals surface area contributed by atoms with E-state index < -0.39 is 0 Å². The van der Waals surface area contributed by atoms with E-state index in [0.717, 1.165) is 16.8 Å². The second kappa shape index (κ2) is 4.88. The Morgan fingerprint density at radius 3 is 2.68 bits per heavy atom. The molecule has 7 nitrogen and oxygen atoms in total. The van der Waals surface area contributed by atoms with Gasteiger partial charge in [0.1, 0.15) is 6.33 Å². The van der Waals surface area contributed by atoms with Crippen LogP contribution in [0.4, 0.5) is 0 Å². The van der Waals surface area contributed by atoms with Crippen LogP contribution < -0.4 is 5.56 Å². The van der Waals surface area contributed by atoms with Crippen molar-refractivity contribution in [1.82, 2.24) is 29.5 Å². The van der Waals surface area contributed by atoms with Crippen LogP contribution >= 0.6 is 0 Å². The monoisotopic (exact) mass is 290 g/mol. The molecule has 1 N–H and O–H groups in total. The number of pyridine rings is 2. The van der Waals surface area contributed by atoms with Gasteiger partial charge in [0.05, 0.1) is 11.4 Å². The molecule has 4 aromatic heterocycles. The Labute approximate surface area is 124 Å². The molecule has 0 atom stereocenters. The van der Waals surface area contributed by atoms with Crippen molar-refractivity contribution < 1.29 is 0 Å². The smallest absolute Gasteiger partial charge is 0.253 e. The van der Waals surface area contributed by atoms with Gasteiger partial charge in [-0.15, -0.1) is 0 Å². The average Bonchev–Trinajstić information content (AvgIpc) is 3.04. The van der Waals surface area contributed by atoms with Crippen molar-refractivity contribution in [3.05, 3.63) is 65.6 Å². The average molecular weight is 290 g/mol. The van der Waals surface area contributed by atoms with Crippen molar-refractivity contribution in [2.75, 3.05) is 0 Å². The molecule has 0 aromatic carbocycles. The Balaban J connectivity index is 1.98. The number of nitrogens with one attached hydrogen (secondary N) is 1. The van der Waals surface area contributed by atoms with Crippen LogP contribution in [0.5, 0.6) is 0 Å². The molecule has 0 bridgehead atoms. The van der Waals surface area contributed by atoms with Gasteiger partial charge in [-0.05, 0) is 24.3 Å². The van der Waals surface area contributed by atoms with E-state index in [9.17, 15) is 4.79 Å². The molecule has 4 rings (SSSR count). The Morgan fingerprint density at radius 2 is 1.91 bits per heavy atom. The first-order valence-electron chi connectivity index (χ1n) is 6.61. The second-order valence-corrected chi connectivity index (χ2v) is 4.68. The molecule has 0 amide bonds. The summed E-state index contributed by atoms with van der Waals surface area (Å²) < 4.78 is 1.67. The molecule has 106 valence electrons. The molecule has 0 aliphatic carbocycles.